The first-order valence-electron chi connectivity index (χ1n) is 8.43. The fourth-order valence-electron chi connectivity index (χ4n) is 3.50. The van der Waals surface area contributed by atoms with Gasteiger partial charge in [-0.1, -0.05) is 0 Å². The third-order valence-electron chi connectivity index (χ3n) is 4.72. The second-order valence-electron chi connectivity index (χ2n) is 6.25. The Morgan fingerprint density at radius 2 is 2.08 bits per heavy atom. The second kappa shape index (κ2) is 6.29. The maximum Gasteiger partial charge on any atom is 0.240 e. The van der Waals surface area contributed by atoms with Crippen LogP contribution in [0.2, 0.25) is 0 Å². The van der Waals surface area contributed by atoms with Gasteiger partial charge in [0, 0.05) is 29.4 Å². The SMILES string of the molecule is CCN1C(=O)C(C(=O)Nc2ccc(F)cc2)C2C=C3OC=CC=C3C=C21. The number of rotatable bonds is 3. The molecule has 1 N–H and O–H groups in total. The number of ether oxygens (including phenoxy) is 1. The van der Waals surface area contributed by atoms with Crippen LogP contribution in [-0.2, 0) is 14.3 Å². The topological polar surface area (TPSA) is 58.6 Å². The Morgan fingerprint density at radius 3 is 2.81 bits per heavy atom. The minimum absolute atomic E-state index is 0.243. The standard InChI is InChI=1S/C20H17FN2O3/c1-2-23-16-10-12-4-3-9-26-17(12)11-15(16)18(20(23)25)19(24)22-14-7-5-13(21)6-8-14/h3-11,15,18H,2H2,1H3,(H,22,24). The van der Waals surface area contributed by atoms with Gasteiger partial charge in [-0.25, -0.2) is 4.39 Å². The minimum Gasteiger partial charge on any atom is -0.465 e. The zero-order valence-electron chi connectivity index (χ0n) is 14.1. The number of likely N-dealkylation sites (tertiary alicyclic amines) is 1. The van der Waals surface area contributed by atoms with Crippen LogP contribution in [0.5, 0.6) is 0 Å². The van der Waals surface area contributed by atoms with Gasteiger partial charge in [0.15, 0.2) is 0 Å². The number of anilines is 1. The summed E-state index contributed by atoms with van der Waals surface area (Å²) in [6.45, 7) is 2.36. The molecule has 3 aliphatic rings. The van der Waals surface area contributed by atoms with E-state index in [0.717, 1.165) is 11.3 Å². The lowest BCUT2D eigenvalue weighted by atomic mass is 9.86. The molecule has 132 valence electrons. The van der Waals surface area contributed by atoms with Crippen molar-refractivity contribution in [2.75, 3.05) is 11.9 Å². The van der Waals surface area contributed by atoms with Crippen molar-refractivity contribution < 1.29 is 18.7 Å². The number of carbonyl (C=O) groups excluding carboxylic acids is 2. The fourth-order valence-corrected chi connectivity index (χ4v) is 3.50. The summed E-state index contributed by atoms with van der Waals surface area (Å²) in [5.74, 6) is -1.67. The number of fused-ring (bicyclic) bond motifs is 2. The van der Waals surface area contributed by atoms with Gasteiger partial charge in [0.05, 0.1) is 6.26 Å². The molecule has 0 saturated carbocycles. The third-order valence-corrected chi connectivity index (χ3v) is 4.72. The van der Waals surface area contributed by atoms with Crippen LogP contribution in [0.1, 0.15) is 6.92 Å². The lowest BCUT2D eigenvalue weighted by Gasteiger charge is -2.24. The van der Waals surface area contributed by atoms with Gasteiger partial charge in [-0.3, -0.25) is 9.59 Å². The molecule has 5 nitrogen and oxygen atoms in total. The summed E-state index contributed by atoms with van der Waals surface area (Å²) in [6.07, 6.45) is 8.98. The number of halogens is 1. The predicted molar refractivity (Wildman–Crippen MR) is 93.9 cm³/mol. The molecule has 1 aliphatic carbocycles. The van der Waals surface area contributed by atoms with Gasteiger partial charge >= 0.3 is 0 Å². The number of benzene rings is 1. The van der Waals surface area contributed by atoms with E-state index in [9.17, 15) is 14.0 Å². The summed E-state index contributed by atoms with van der Waals surface area (Å²) in [6, 6.07) is 5.46. The number of nitrogens with zero attached hydrogens (tertiary/aromatic N) is 1. The van der Waals surface area contributed by atoms with Gasteiger partial charge in [-0.15, -0.1) is 0 Å². The van der Waals surface area contributed by atoms with Crippen LogP contribution >= 0.6 is 0 Å². The summed E-state index contributed by atoms with van der Waals surface area (Å²) < 4.78 is 18.6. The zero-order valence-corrected chi connectivity index (χ0v) is 14.1. The molecular formula is C20H17FN2O3. The van der Waals surface area contributed by atoms with Crippen molar-refractivity contribution >= 4 is 17.5 Å². The Bertz CT molecular complexity index is 896. The highest BCUT2D eigenvalue weighted by Crippen LogP contribution is 2.42. The van der Waals surface area contributed by atoms with Crippen molar-refractivity contribution in [3.63, 3.8) is 0 Å². The molecule has 1 saturated heterocycles. The van der Waals surface area contributed by atoms with Crippen LogP contribution in [-0.4, -0.2) is 23.3 Å². The Kier molecular flexibility index (Phi) is 3.95. The van der Waals surface area contributed by atoms with Crippen molar-refractivity contribution in [1.82, 2.24) is 4.90 Å². The first-order chi connectivity index (χ1) is 12.6. The van der Waals surface area contributed by atoms with E-state index >= 15 is 0 Å². The van der Waals surface area contributed by atoms with Gasteiger partial charge in [-0.2, -0.15) is 0 Å². The summed E-state index contributed by atoms with van der Waals surface area (Å²) in [4.78, 5) is 27.3. The van der Waals surface area contributed by atoms with Crippen LogP contribution in [0.15, 0.2) is 71.9 Å². The van der Waals surface area contributed by atoms with E-state index in [4.69, 9.17) is 4.74 Å². The smallest absolute Gasteiger partial charge is 0.240 e. The summed E-state index contributed by atoms with van der Waals surface area (Å²) in [7, 11) is 0. The molecule has 2 amide bonds. The number of hydrogen-bond acceptors (Lipinski definition) is 3. The van der Waals surface area contributed by atoms with Crippen molar-refractivity contribution in [2.45, 2.75) is 6.92 Å². The van der Waals surface area contributed by atoms with E-state index in [0.29, 0.717) is 18.0 Å². The van der Waals surface area contributed by atoms with E-state index < -0.39 is 11.8 Å². The summed E-state index contributed by atoms with van der Waals surface area (Å²) >= 11 is 0. The zero-order chi connectivity index (χ0) is 18.3. The van der Waals surface area contributed by atoms with Crippen molar-refractivity contribution in [1.29, 1.82) is 0 Å². The van der Waals surface area contributed by atoms with Gasteiger partial charge in [0.2, 0.25) is 11.8 Å². The molecule has 0 aromatic heterocycles. The van der Waals surface area contributed by atoms with Crippen LogP contribution < -0.4 is 5.32 Å². The number of carbonyl (C=O) groups is 2. The van der Waals surface area contributed by atoms with E-state index in [-0.39, 0.29) is 17.6 Å². The third kappa shape index (κ3) is 2.63. The van der Waals surface area contributed by atoms with Crippen molar-refractivity contribution in [3.8, 4) is 0 Å². The molecular weight excluding hydrogens is 335 g/mol. The molecule has 2 aliphatic heterocycles. The fraction of sp³-hybridized carbons (Fsp3) is 0.200. The lowest BCUT2D eigenvalue weighted by molar-refractivity contribution is -0.135. The highest BCUT2D eigenvalue weighted by Gasteiger charge is 2.48. The number of hydrogen-bond donors (Lipinski definition) is 1. The predicted octanol–water partition coefficient (Wildman–Crippen LogP) is 3.11. The molecule has 1 aromatic carbocycles. The minimum atomic E-state index is -0.880. The number of nitrogens with one attached hydrogen (secondary N) is 1. The quantitative estimate of drug-likeness (QED) is 0.851. The van der Waals surface area contributed by atoms with Gasteiger partial charge in [0.25, 0.3) is 0 Å². The van der Waals surface area contributed by atoms with E-state index in [1.54, 1.807) is 17.2 Å². The highest BCUT2D eigenvalue weighted by molar-refractivity contribution is 6.09. The molecule has 26 heavy (non-hydrogen) atoms. The summed E-state index contributed by atoms with van der Waals surface area (Å²) in [5.41, 5.74) is 2.13. The molecule has 0 bridgehead atoms. The van der Waals surface area contributed by atoms with Gasteiger partial charge in [0.1, 0.15) is 17.5 Å². The molecule has 0 radical (unpaired) electrons. The van der Waals surface area contributed by atoms with Crippen LogP contribution in [0.25, 0.3) is 0 Å². The molecule has 2 atom stereocenters. The van der Waals surface area contributed by atoms with E-state index in [1.165, 1.54) is 24.3 Å². The maximum absolute atomic E-state index is 13.0. The van der Waals surface area contributed by atoms with E-state index in [2.05, 4.69) is 5.32 Å². The van der Waals surface area contributed by atoms with Gasteiger partial charge < -0.3 is 15.0 Å². The molecule has 0 spiro atoms. The largest absolute Gasteiger partial charge is 0.465 e. The lowest BCUT2D eigenvalue weighted by Crippen LogP contribution is -2.34. The Hall–Kier alpha value is -3.15. The monoisotopic (exact) mass is 352 g/mol. The number of allylic oxidation sites excluding steroid dienone is 4. The van der Waals surface area contributed by atoms with Crippen LogP contribution in [0.3, 0.4) is 0 Å². The average molecular weight is 352 g/mol. The average Bonchev–Trinajstić information content (AvgIpc) is 2.92. The Morgan fingerprint density at radius 1 is 1.31 bits per heavy atom. The van der Waals surface area contributed by atoms with Crippen molar-refractivity contribution in [2.24, 2.45) is 11.8 Å². The maximum atomic E-state index is 13.0. The first kappa shape index (κ1) is 16.3. The molecule has 2 unspecified atom stereocenters. The molecule has 1 fully saturated rings. The van der Waals surface area contributed by atoms with Gasteiger partial charge in [-0.05, 0) is 55.5 Å². The molecule has 2 heterocycles. The Balaban J connectivity index is 1.65. The summed E-state index contributed by atoms with van der Waals surface area (Å²) in [5, 5.41) is 2.71. The molecule has 1 aromatic rings. The van der Waals surface area contributed by atoms with E-state index in [1.807, 2.05) is 25.2 Å². The normalized spacial score (nSPS) is 23.4. The molecule has 4 rings (SSSR count). The molecule has 6 heteroatoms. The van der Waals surface area contributed by atoms with Crippen molar-refractivity contribution in [3.05, 3.63) is 77.7 Å². The van der Waals surface area contributed by atoms with Crippen LogP contribution in [0, 0.1) is 17.7 Å². The first-order valence-corrected chi connectivity index (χ1v) is 8.43. The number of amides is 2. The van der Waals surface area contributed by atoms with Crippen LogP contribution in [0.4, 0.5) is 10.1 Å². The highest BCUT2D eigenvalue weighted by atomic mass is 19.1. The Labute approximate surface area is 150 Å². The second-order valence-corrected chi connectivity index (χ2v) is 6.25.